The normalized spacial score (nSPS) is 28.1. The van der Waals surface area contributed by atoms with Crippen LogP contribution in [0.25, 0.3) is 0 Å². The largest absolute Gasteiger partial charge is 0.0987 e. The molecule has 0 bridgehead atoms. The highest BCUT2D eigenvalue weighted by Crippen LogP contribution is 2.39. The molecule has 0 N–H and O–H groups in total. The fraction of sp³-hybridized carbons (Fsp3) is 1.00. The third-order valence-electron chi connectivity index (χ3n) is 3.05. The third-order valence-corrected chi connectivity index (χ3v) is 3.05. The van der Waals surface area contributed by atoms with Crippen LogP contribution in [0, 0.1) is 10.8 Å². The van der Waals surface area contributed by atoms with E-state index in [0.717, 1.165) is 0 Å². The molecule has 0 aliphatic carbocycles. The van der Waals surface area contributed by atoms with Gasteiger partial charge in [0.25, 0.3) is 0 Å². The highest BCUT2D eigenvalue weighted by Gasteiger charge is 2.36. The monoisotopic (exact) mass is 184 g/mol. The summed E-state index contributed by atoms with van der Waals surface area (Å²) in [5, 5.41) is 0. The first-order chi connectivity index (χ1) is 6.21. The molecule has 2 atom stereocenters. The van der Waals surface area contributed by atoms with Crippen molar-refractivity contribution in [3.63, 3.8) is 0 Å². The zero-order chi connectivity index (χ0) is 11.0. The summed E-state index contributed by atoms with van der Waals surface area (Å²) in [6.45, 7) is 13.9. The number of hydrogen-bond acceptors (Lipinski definition) is 0. The van der Waals surface area contributed by atoms with Crippen LogP contribution in [0.3, 0.4) is 0 Å². The average molecular weight is 184 g/mol. The molecular weight excluding hydrogens is 163 g/mol. The highest BCUT2D eigenvalue weighted by atomic mass is 14.2. The quantitative estimate of drug-likeness (QED) is 0.505. The third kappa shape index (κ3) is 3.14. The van der Waals surface area contributed by atoms with Gasteiger partial charge in [0.05, 0.1) is 7.28 Å². The zero-order valence-corrected chi connectivity index (χ0v) is 10.5. The minimum Gasteiger partial charge on any atom is -0.0987 e. The minimum absolute atomic E-state index is 0.355. The Hall–Kier alpha value is 0.260. The predicted octanol–water partition coefficient (Wildman–Crippen LogP) is 2.23. The lowest BCUT2D eigenvalue weighted by atomic mass is 9.00. The topological polar surface area (TPSA) is 0 Å². The molecule has 1 aliphatic rings. The van der Waals surface area contributed by atoms with Gasteiger partial charge in [0, 0.05) is 21.4 Å². The van der Waals surface area contributed by atoms with E-state index < -0.39 is 0 Å². The molecule has 0 spiro atoms. The van der Waals surface area contributed by atoms with E-state index in [1.807, 2.05) is 0 Å². The van der Waals surface area contributed by atoms with Gasteiger partial charge in [-0.05, 0) is 10.8 Å². The molecule has 0 aromatic rings. The molecule has 0 saturated carbocycles. The van der Waals surface area contributed by atoms with E-state index in [-0.39, 0.29) is 0 Å². The van der Waals surface area contributed by atoms with Crippen LogP contribution in [0.5, 0.6) is 0 Å². The van der Waals surface area contributed by atoms with E-state index >= 15 is 0 Å². The molecule has 0 aromatic carbocycles. The molecule has 2 unspecified atom stereocenters. The Bertz CT molecular complexity index is 169. The fourth-order valence-corrected chi connectivity index (χ4v) is 1.81. The van der Waals surface area contributed by atoms with Crippen molar-refractivity contribution in [1.29, 1.82) is 0 Å². The van der Waals surface area contributed by atoms with Crippen LogP contribution in [-0.4, -0.2) is 28.7 Å². The second-order valence-corrected chi connectivity index (χ2v) is 6.55. The van der Waals surface area contributed by atoms with Gasteiger partial charge in [0.2, 0.25) is 0 Å². The van der Waals surface area contributed by atoms with Gasteiger partial charge in [-0.25, -0.2) is 0 Å². The lowest BCUT2D eigenvalue weighted by Crippen LogP contribution is -2.44. The maximum Gasteiger partial charge on any atom is 0.0978 e. The Morgan fingerprint density at radius 1 is 0.714 bits per heavy atom. The lowest BCUT2D eigenvalue weighted by molar-refractivity contribution is 0.414. The Kier molecular flexibility index (Phi) is 3.54. The Morgan fingerprint density at radius 3 is 1.36 bits per heavy atom. The van der Waals surface area contributed by atoms with Crippen molar-refractivity contribution >= 4 is 28.7 Å². The summed E-state index contributed by atoms with van der Waals surface area (Å²) >= 11 is 0. The van der Waals surface area contributed by atoms with E-state index in [4.69, 9.17) is 0 Å². The number of hydrogen-bond donors (Lipinski definition) is 0. The lowest BCUT2D eigenvalue weighted by Gasteiger charge is -2.42. The Morgan fingerprint density at radius 2 is 1.07 bits per heavy atom. The first kappa shape index (κ1) is 12.3. The highest BCUT2D eigenvalue weighted by molar-refractivity contribution is 7.34. The molecule has 1 heterocycles. The van der Waals surface area contributed by atoms with Gasteiger partial charge in [0.15, 0.2) is 0 Å². The van der Waals surface area contributed by atoms with Crippen molar-refractivity contribution in [3.05, 3.63) is 0 Å². The molecular formula is C10H20B4. The molecule has 14 heavy (non-hydrogen) atoms. The molecule has 72 valence electrons. The van der Waals surface area contributed by atoms with Crippen molar-refractivity contribution in [1.82, 2.24) is 0 Å². The summed E-state index contributed by atoms with van der Waals surface area (Å²) in [6.07, 6.45) is 0. The molecule has 4 radical (unpaired) electrons. The van der Waals surface area contributed by atoms with Gasteiger partial charge in [-0.3, -0.25) is 0 Å². The molecule has 0 aromatic heterocycles. The van der Waals surface area contributed by atoms with Crippen LogP contribution in [-0.2, 0) is 0 Å². The second kappa shape index (κ2) is 4.02. The van der Waals surface area contributed by atoms with Crippen LogP contribution in [0.1, 0.15) is 41.5 Å². The molecule has 0 amide bonds. The van der Waals surface area contributed by atoms with E-state index in [0.29, 0.717) is 22.3 Å². The van der Waals surface area contributed by atoms with Crippen LogP contribution < -0.4 is 0 Å². The average Bonchev–Trinajstić information content (AvgIpc) is 2.01. The summed E-state index contributed by atoms with van der Waals surface area (Å²) in [5.41, 5.74) is 1.93. The summed E-state index contributed by atoms with van der Waals surface area (Å²) < 4.78 is 0. The molecule has 1 rings (SSSR count). The SMILES string of the molecule is CC(C)(C)C1[B][B][B]C(C(C)(C)C)[B]1. The van der Waals surface area contributed by atoms with Crippen LogP contribution >= 0.6 is 0 Å². The molecule has 1 aliphatic heterocycles. The van der Waals surface area contributed by atoms with Crippen molar-refractivity contribution < 1.29 is 0 Å². The summed E-state index contributed by atoms with van der Waals surface area (Å²) in [6, 6.07) is 0. The van der Waals surface area contributed by atoms with Gasteiger partial charge < -0.3 is 0 Å². The van der Waals surface area contributed by atoms with Crippen LogP contribution in [0.2, 0.25) is 11.4 Å². The number of rotatable bonds is 0. The minimum atomic E-state index is 0.355. The van der Waals surface area contributed by atoms with E-state index in [1.165, 1.54) is 0 Å². The first-order valence-electron chi connectivity index (χ1n) is 5.58. The molecule has 4 heteroatoms. The molecule has 1 fully saturated rings. The smallest absolute Gasteiger partial charge is 0.0978 e. The Balaban J connectivity index is 2.61. The van der Waals surface area contributed by atoms with Crippen molar-refractivity contribution in [3.8, 4) is 0 Å². The van der Waals surface area contributed by atoms with Crippen LogP contribution in [0.15, 0.2) is 0 Å². The van der Waals surface area contributed by atoms with Gasteiger partial charge >= 0.3 is 0 Å². The Labute approximate surface area is 92.9 Å². The molecule has 1 saturated heterocycles. The van der Waals surface area contributed by atoms with Crippen molar-refractivity contribution in [2.75, 3.05) is 0 Å². The predicted molar refractivity (Wildman–Crippen MR) is 69.4 cm³/mol. The van der Waals surface area contributed by atoms with Gasteiger partial charge in [-0.15, -0.1) is 0 Å². The standard InChI is InChI=1S/C10H20B4/c1-9(2,3)7-11-8(10(4,5)6)13-14-12-7/h7-8H,1-6H3. The summed E-state index contributed by atoms with van der Waals surface area (Å²) in [5.74, 6) is 0. The van der Waals surface area contributed by atoms with Gasteiger partial charge in [-0.2, -0.15) is 0 Å². The van der Waals surface area contributed by atoms with Gasteiger partial charge in [-0.1, -0.05) is 53.0 Å². The summed E-state index contributed by atoms with van der Waals surface area (Å²) in [7, 11) is 9.39. The van der Waals surface area contributed by atoms with Crippen molar-refractivity contribution in [2.45, 2.75) is 53.0 Å². The van der Waals surface area contributed by atoms with E-state index in [2.05, 4.69) is 70.2 Å². The molecule has 0 nitrogen and oxygen atoms in total. The maximum absolute atomic E-state index is 2.50. The summed E-state index contributed by atoms with van der Waals surface area (Å²) in [4.78, 5) is 0. The van der Waals surface area contributed by atoms with E-state index in [1.54, 1.807) is 0 Å². The van der Waals surface area contributed by atoms with Crippen molar-refractivity contribution in [2.24, 2.45) is 10.8 Å². The zero-order valence-electron chi connectivity index (χ0n) is 10.5. The van der Waals surface area contributed by atoms with Gasteiger partial charge in [0.1, 0.15) is 0 Å². The van der Waals surface area contributed by atoms with E-state index in [9.17, 15) is 0 Å². The second-order valence-electron chi connectivity index (χ2n) is 6.55. The fourth-order valence-electron chi connectivity index (χ4n) is 1.81. The maximum atomic E-state index is 2.50. The van der Waals surface area contributed by atoms with Crippen LogP contribution in [0.4, 0.5) is 0 Å². The first-order valence-corrected chi connectivity index (χ1v) is 5.58.